The first-order valence-electron chi connectivity index (χ1n) is 3.69. The topological polar surface area (TPSA) is 32.8 Å². The van der Waals surface area contributed by atoms with Gasteiger partial charge in [0.25, 0.3) is 0 Å². The molecule has 60 valence electrons. The van der Waals surface area contributed by atoms with E-state index in [1.807, 2.05) is 13.8 Å². The SMILES string of the molecule is CC(C)(CO)C1OC1(C)C. The third kappa shape index (κ3) is 1.18. The molecule has 1 saturated heterocycles. The molecule has 1 aliphatic heterocycles. The molecule has 0 aromatic rings. The summed E-state index contributed by atoms with van der Waals surface area (Å²) in [4.78, 5) is 0. The number of epoxide rings is 1. The Labute approximate surface area is 62.2 Å². The van der Waals surface area contributed by atoms with Gasteiger partial charge in [0.2, 0.25) is 0 Å². The number of rotatable bonds is 2. The van der Waals surface area contributed by atoms with E-state index in [1.165, 1.54) is 0 Å². The third-order valence-electron chi connectivity index (χ3n) is 2.11. The normalized spacial score (nSPS) is 30.3. The van der Waals surface area contributed by atoms with Crippen molar-refractivity contribution in [2.24, 2.45) is 5.41 Å². The number of hydrogen-bond donors (Lipinski definition) is 1. The lowest BCUT2D eigenvalue weighted by atomic mass is 9.85. The van der Waals surface area contributed by atoms with E-state index in [1.54, 1.807) is 0 Å². The van der Waals surface area contributed by atoms with Crippen molar-refractivity contribution in [2.45, 2.75) is 39.4 Å². The maximum Gasteiger partial charge on any atom is 0.0940 e. The summed E-state index contributed by atoms with van der Waals surface area (Å²) in [6.45, 7) is 8.34. The maximum atomic E-state index is 8.96. The van der Waals surface area contributed by atoms with E-state index in [2.05, 4.69) is 13.8 Å². The van der Waals surface area contributed by atoms with Crippen molar-refractivity contribution in [3.8, 4) is 0 Å². The van der Waals surface area contributed by atoms with Crippen molar-refractivity contribution in [2.75, 3.05) is 6.61 Å². The standard InChI is InChI=1S/C8H16O2/c1-7(2,5-9)6-8(3,4)10-6/h6,9H,5H2,1-4H3. The summed E-state index contributed by atoms with van der Waals surface area (Å²) in [5.41, 5.74) is -0.0876. The van der Waals surface area contributed by atoms with Gasteiger partial charge in [-0.05, 0) is 13.8 Å². The largest absolute Gasteiger partial charge is 0.396 e. The van der Waals surface area contributed by atoms with E-state index >= 15 is 0 Å². The molecule has 2 nitrogen and oxygen atoms in total. The summed E-state index contributed by atoms with van der Waals surface area (Å²) >= 11 is 0. The second-order valence-electron chi connectivity index (χ2n) is 4.25. The summed E-state index contributed by atoms with van der Waals surface area (Å²) < 4.78 is 5.40. The minimum absolute atomic E-state index is 0.00771. The van der Waals surface area contributed by atoms with E-state index in [0.29, 0.717) is 0 Å². The molecule has 1 unspecified atom stereocenters. The van der Waals surface area contributed by atoms with Gasteiger partial charge in [-0.1, -0.05) is 13.8 Å². The monoisotopic (exact) mass is 144 g/mol. The van der Waals surface area contributed by atoms with Gasteiger partial charge in [0.15, 0.2) is 0 Å². The first kappa shape index (κ1) is 8.02. The van der Waals surface area contributed by atoms with Crippen LogP contribution in [0.5, 0.6) is 0 Å². The first-order chi connectivity index (χ1) is 4.40. The van der Waals surface area contributed by atoms with Gasteiger partial charge in [0.05, 0.1) is 18.3 Å². The van der Waals surface area contributed by atoms with E-state index in [0.717, 1.165) is 0 Å². The van der Waals surface area contributed by atoms with Crippen LogP contribution in [-0.4, -0.2) is 23.4 Å². The number of aliphatic hydroxyl groups excluding tert-OH is 1. The molecular weight excluding hydrogens is 128 g/mol. The van der Waals surface area contributed by atoms with Crippen LogP contribution in [0.15, 0.2) is 0 Å². The quantitative estimate of drug-likeness (QED) is 0.590. The van der Waals surface area contributed by atoms with Gasteiger partial charge in [-0.15, -0.1) is 0 Å². The molecule has 2 heteroatoms. The Morgan fingerprint density at radius 1 is 1.50 bits per heavy atom. The fourth-order valence-electron chi connectivity index (χ4n) is 1.45. The molecule has 0 amide bonds. The van der Waals surface area contributed by atoms with Gasteiger partial charge in [-0.2, -0.15) is 0 Å². The molecule has 1 aliphatic rings. The van der Waals surface area contributed by atoms with Crippen LogP contribution in [0.2, 0.25) is 0 Å². The fraction of sp³-hybridized carbons (Fsp3) is 1.00. The smallest absolute Gasteiger partial charge is 0.0940 e. The van der Waals surface area contributed by atoms with Crippen molar-refractivity contribution < 1.29 is 9.84 Å². The molecule has 0 aromatic heterocycles. The molecule has 1 heterocycles. The predicted octanol–water partition coefficient (Wildman–Crippen LogP) is 1.18. The molecule has 1 rings (SSSR count). The van der Waals surface area contributed by atoms with E-state index in [-0.39, 0.29) is 23.7 Å². The van der Waals surface area contributed by atoms with Crippen molar-refractivity contribution in [1.29, 1.82) is 0 Å². The first-order valence-corrected chi connectivity index (χ1v) is 3.69. The van der Waals surface area contributed by atoms with Crippen molar-refractivity contribution in [3.63, 3.8) is 0 Å². The predicted molar refractivity (Wildman–Crippen MR) is 39.8 cm³/mol. The second-order valence-corrected chi connectivity index (χ2v) is 4.25. The Balaban J connectivity index is 2.54. The zero-order valence-corrected chi connectivity index (χ0v) is 7.14. The molecule has 10 heavy (non-hydrogen) atoms. The highest BCUT2D eigenvalue weighted by atomic mass is 16.6. The Morgan fingerprint density at radius 3 is 2.00 bits per heavy atom. The summed E-state index contributed by atoms with van der Waals surface area (Å²) in [5, 5.41) is 8.96. The average molecular weight is 144 g/mol. The lowest BCUT2D eigenvalue weighted by Gasteiger charge is -2.19. The molecule has 0 spiro atoms. The van der Waals surface area contributed by atoms with Crippen LogP contribution in [0.3, 0.4) is 0 Å². The Morgan fingerprint density at radius 2 is 1.90 bits per heavy atom. The second kappa shape index (κ2) is 1.95. The minimum Gasteiger partial charge on any atom is -0.396 e. The average Bonchev–Trinajstić information content (AvgIpc) is 2.41. The van der Waals surface area contributed by atoms with Gasteiger partial charge in [-0.3, -0.25) is 0 Å². The van der Waals surface area contributed by atoms with Gasteiger partial charge >= 0.3 is 0 Å². The summed E-state index contributed by atoms with van der Waals surface area (Å²) in [5.74, 6) is 0. The summed E-state index contributed by atoms with van der Waals surface area (Å²) in [6, 6.07) is 0. The maximum absolute atomic E-state index is 8.96. The number of aliphatic hydroxyl groups is 1. The van der Waals surface area contributed by atoms with E-state index in [4.69, 9.17) is 9.84 Å². The number of hydrogen-bond acceptors (Lipinski definition) is 2. The highest BCUT2D eigenvalue weighted by Crippen LogP contribution is 2.46. The highest BCUT2D eigenvalue weighted by molar-refractivity contribution is 5.02. The molecule has 1 fully saturated rings. The molecule has 0 bridgehead atoms. The third-order valence-corrected chi connectivity index (χ3v) is 2.11. The van der Waals surface area contributed by atoms with Crippen LogP contribution in [0.25, 0.3) is 0 Å². The van der Waals surface area contributed by atoms with Gasteiger partial charge in [-0.25, -0.2) is 0 Å². The van der Waals surface area contributed by atoms with Gasteiger partial charge in [0, 0.05) is 5.41 Å². The zero-order valence-electron chi connectivity index (χ0n) is 7.14. The van der Waals surface area contributed by atoms with E-state index in [9.17, 15) is 0 Å². The van der Waals surface area contributed by atoms with E-state index < -0.39 is 0 Å². The van der Waals surface area contributed by atoms with Crippen molar-refractivity contribution in [1.82, 2.24) is 0 Å². The molecule has 0 radical (unpaired) electrons. The Kier molecular flexibility index (Phi) is 1.57. The Bertz CT molecular complexity index is 138. The van der Waals surface area contributed by atoms with Crippen LogP contribution in [0.4, 0.5) is 0 Å². The summed E-state index contributed by atoms with van der Waals surface area (Å²) in [7, 11) is 0. The molecule has 0 aliphatic carbocycles. The fourth-order valence-corrected chi connectivity index (χ4v) is 1.45. The molecular formula is C8H16O2. The highest BCUT2D eigenvalue weighted by Gasteiger charge is 2.55. The minimum atomic E-state index is -0.0799. The van der Waals surface area contributed by atoms with Gasteiger partial charge in [0.1, 0.15) is 0 Å². The van der Waals surface area contributed by atoms with Gasteiger partial charge < -0.3 is 9.84 Å². The summed E-state index contributed by atoms with van der Waals surface area (Å²) in [6.07, 6.45) is 0.227. The lowest BCUT2D eigenvalue weighted by Crippen LogP contribution is -2.27. The molecule has 0 aromatic carbocycles. The van der Waals surface area contributed by atoms with Crippen LogP contribution in [0, 0.1) is 5.41 Å². The molecule has 1 atom stereocenters. The lowest BCUT2D eigenvalue weighted by molar-refractivity contribution is 0.124. The van der Waals surface area contributed by atoms with Crippen LogP contribution >= 0.6 is 0 Å². The molecule has 0 saturated carbocycles. The van der Waals surface area contributed by atoms with Crippen LogP contribution < -0.4 is 0 Å². The van der Waals surface area contributed by atoms with Crippen molar-refractivity contribution in [3.05, 3.63) is 0 Å². The Hall–Kier alpha value is -0.0800. The zero-order chi connectivity index (χ0) is 7.99. The van der Waals surface area contributed by atoms with Crippen LogP contribution in [-0.2, 0) is 4.74 Å². The van der Waals surface area contributed by atoms with Crippen LogP contribution in [0.1, 0.15) is 27.7 Å². The number of ether oxygens (including phenoxy) is 1. The van der Waals surface area contributed by atoms with Crippen molar-refractivity contribution >= 4 is 0 Å². The molecule has 1 N–H and O–H groups in total.